The highest BCUT2D eigenvalue weighted by atomic mass is 32.2. The Morgan fingerprint density at radius 2 is 1.95 bits per heavy atom. The van der Waals surface area contributed by atoms with Crippen LogP contribution in [0.3, 0.4) is 0 Å². The molecule has 0 saturated carbocycles. The van der Waals surface area contributed by atoms with Crippen LogP contribution in [-0.4, -0.2) is 8.42 Å². The molecule has 5 nitrogen and oxygen atoms in total. The van der Waals surface area contributed by atoms with Crippen molar-refractivity contribution in [2.45, 2.75) is 31.7 Å². The number of aryl methyl sites for hydroxylation is 2. The zero-order chi connectivity index (χ0) is 15.8. The SMILES string of the molecule is Cc1ccc(C(C)NS(=O)(=O)c2cc(N)cc(C)c2F)o1. The smallest absolute Gasteiger partial charge is 0.244 e. The molecule has 21 heavy (non-hydrogen) atoms. The maximum absolute atomic E-state index is 14.0. The van der Waals surface area contributed by atoms with E-state index in [1.165, 1.54) is 13.0 Å². The van der Waals surface area contributed by atoms with E-state index in [2.05, 4.69) is 4.72 Å². The van der Waals surface area contributed by atoms with Gasteiger partial charge in [0.1, 0.15) is 22.2 Å². The second kappa shape index (κ2) is 5.50. The van der Waals surface area contributed by atoms with Crippen LogP contribution < -0.4 is 10.5 Å². The molecule has 0 fully saturated rings. The molecule has 2 rings (SSSR count). The Balaban J connectivity index is 2.35. The second-order valence-corrected chi connectivity index (χ2v) is 6.62. The van der Waals surface area contributed by atoms with E-state index < -0.39 is 26.8 Å². The van der Waals surface area contributed by atoms with Crippen molar-refractivity contribution in [3.05, 3.63) is 47.2 Å². The number of rotatable bonds is 4. The standard InChI is InChI=1S/C14H17FN2O3S/c1-8-6-11(16)7-13(14(8)15)21(18,19)17-10(3)12-5-4-9(2)20-12/h4-7,10,17H,16H2,1-3H3. The van der Waals surface area contributed by atoms with Crippen molar-refractivity contribution < 1.29 is 17.2 Å². The summed E-state index contributed by atoms with van der Waals surface area (Å²) in [5.41, 5.74) is 5.96. The van der Waals surface area contributed by atoms with Gasteiger partial charge in [0.15, 0.2) is 0 Å². The van der Waals surface area contributed by atoms with Gasteiger partial charge in [-0.25, -0.2) is 17.5 Å². The van der Waals surface area contributed by atoms with Gasteiger partial charge in [-0.05, 0) is 50.6 Å². The largest absolute Gasteiger partial charge is 0.465 e. The van der Waals surface area contributed by atoms with Gasteiger partial charge in [0.25, 0.3) is 0 Å². The Bertz CT molecular complexity index is 769. The summed E-state index contributed by atoms with van der Waals surface area (Å²) in [6.07, 6.45) is 0. The fourth-order valence-corrected chi connectivity index (χ4v) is 3.40. The summed E-state index contributed by atoms with van der Waals surface area (Å²) in [5.74, 6) is 0.318. The van der Waals surface area contributed by atoms with Crippen molar-refractivity contribution in [2.24, 2.45) is 0 Å². The van der Waals surface area contributed by atoms with E-state index in [9.17, 15) is 12.8 Å². The molecule has 1 aromatic carbocycles. The highest BCUT2D eigenvalue weighted by Gasteiger charge is 2.24. The summed E-state index contributed by atoms with van der Waals surface area (Å²) in [6, 6.07) is 5.26. The summed E-state index contributed by atoms with van der Waals surface area (Å²) >= 11 is 0. The molecule has 7 heteroatoms. The molecule has 0 spiro atoms. The van der Waals surface area contributed by atoms with Crippen molar-refractivity contribution in [1.29, 1.82) is 0 Å². The molecule has 1 atom stereocenters. The highest BCUT2D eigenvalue weighted by molar-refractivity contribution is 7.89. The third-order valence-electron chi connectivity index (χ3n) is 3.05. The Morgan fingerprint density at radius 3 is 2.52 bits per heavy atom. The van der Waals surface area contributed by atoms with E-state index in [4.69, 9.17) is 10.2 Å². The zero-order valence-corrected chi connectivity index (χ0v) is 12.8. The molecule has 0 radical (unpaired) electrons. The van der Waals surface area contributed by atoms with Gasteiger partial charge in [-0.15, -0.1) is 0 Å². The zero-order valence-electron chi connectivity index (χ0n) is 12.0. The van der Waals surface area contributed by atoms with Crippen molar-refractivity contribution in [2.75, 3.05) is 5.73 Å². The number of nitrogen functional groups attached to an aromatic ring is 1. The van der Waals surface area contributed by atoms with Gasteiger partial charge in [-0.2, -0.15) is 0 Å². The Kier molecular flexibility index (Phi) is 4.06. The first-order valence-corrected chi connectivity index (χ1v) is 7.83. The van der Waals surface area contributed by atoms with E-state index in [1.54, 1.807) is 26.0 Å². The maximum Gasteiger partial charge on any atom is 0.244 e. The molecule has 0 saturated heterocycles. The van der Waals surface area contributed by atoms with Gasteiger partial charge in [-0.1, -0.05) is 0 Å². The fraction of sp³-hybridized carbons (Fsp3) is 0.286. The lowest BCUT2D eigenvalue weighted by Crippen LogP contribution is -2.27. The lowest BCUT2D eigenvalue weighted by atomic mass is 10.2. The number of sulfonamides is 1. The van der Waals surface area contributed by atoms with Crippen molar-refractivity contribution in [3.63, 3.8) is 0 Å². The summed E-state index contributed by atoms with van der Waals surface area (Å²) in [7, 11) is -4.04. The molecule has 1 unspecified atom stereocenters. The molecular weight excluding hydrogens is 295 g/mol. The molecule has 0 bridgehead atoms. The number of nitrogens with one attached hydrogen (secondary N) is 1. The van der Waals surface area contributed by atoms with E-state index in [-0.39, 0.29) is 11.3 Å². The summed E-state index contributed by atoms with van der Waals surface area (Å²) < 4.78 is 46.4. The number of hydrogen-bond donors (Lipinski definition) is 2. The third-order valence-corrected chi connectivity index (χ3v) is 4.59. The molecule has 3 N–H and O–H groups in total. The summed E-state index contributed by atoms with van der Waals surface area (Å²) in [5, 5.41) is 0. The average Bonchev–Trinajstić information content (AvgIpc) is 2.80. The van der Waals surface area contributed by atoms with E-state index in [0.29, 0.717) is 11.5 Å². The van der Waals surface area contributed by atoms with Crippen LogP contribution in [0.25, 0.3) is 0 Å². The average molecular weight is 312 g/mol. The Morgan fingerprint density at radius 1 is 1.29 bits per heavy atom. The predicted octanol–water partition coefficient (Wildman–Crippen LogP) is 2.66. The van der Waals surface area contributed by atoms with Crippen LogP contribution >= 0.6 is 0 Å². The second-order valence-electron chi connectivity index (χ2n) is 4.94. The van der Waals surface area contributed by atoms with Gasteiger partial charge >= 0.3 is 0 Å². The predicted molar refractivity (Wildman–Crippen MR) is 77.7 cm³/mol. The fourth-order valence-electron chi connectivity index (χ4n) is 2.00. The molecule has 0 aliphatic rings. The normalized spacial score (nSPS) is 13.3. The minimum atomic E-state index is -4.04. The quantitative estimate of drug-likeness (QED) is 0.850. The van der Waals surface area contributed by atoms with Gasteiger partial charge in [0, 0.05) is 5.69 Å². The number of benzene rings is 1. The van der Waals surface area contributed by atoms with E-state index in [1.807, 2.05) is 0 Å². The van der Waals surface area contributed by atoms with Crippen LogP contribution in [-0.2, 0) is 10.0 Å². The van der Waals surface area contributed by atoms with Crippen molar-refractivity contribution in [1.82, 2.24) is 4.72 Å². The molecule has 2 aromatic rings. The first kappa shape index (κ1) is 15.5. The lowest BCUT2D eigenvalue weighted by molar-refractivity contribution is 0.440. The number of anilines is 1. The van der Waals surface area contributed by atoms with E-state index in [0.717, 1.165) is 6.07 Å². The summed E-state index contributed by atoms with van der Waals surface area (Å²) in [4.78, 5) is -0.463. The monoisotopic (exact) mass is 312 g/mol. The number of halogens is 1. The van der Waals surface area contributed by atoms with E-state index >= 15 is 0 Å². The molecular formula is C14H17FN2O3S. The maximum atomic E-state index is 14.0. The highest BCUT2D eigenvalue weighted by Crippen LogP contribution is 2.24. The first-order valence-electron chi connectivity index (χ1n) is 6.35. The minimum absolute atomic E-state index is 0.178. The van der Waals surface area contributed by atoms with Crippen LogP contribution in [0, 0.1) is 19.7 Å². The summed E-state index contributed by atoms with van der Waals surface area (Å²) in [6.45, 7) is 4.84. The van der Waals surface area contributed by atoms with Crippen molar-refractivity contribution in [3.8, 4) is 0 Å². The Hall–Kier alpha value is -1.86. The van der Waals surface area contributed by atoms with Gasteiger partial charge in [0.2, 0.25) is 10.0 Å². The van der Waals surface area contributed by atoms with Crippen molar-refractivity contribution >= 4 is 15.7 Å². The first-order chi connectivity index (χ1) is 9.70. The molecule has 0 aliphatic carbocycles. The molecule has 1 aromatic heterocycles. The minimum Gasteiger partial charge on any atom is -0.465 e. The molecule has 1 heterocycles. The van der Waals surface area contributed by atoms with Crippen LogP contribution in [0.1, 0.15) is 30.0 Å². The molecule has 0 amide bonds. The lowest BCUT2D eigenvalue weighted by Gasteiger charge is -2.14. The van der Waals surface area contributed by atoms with Crippen LogP contribution in [0.15, 0.2) is 33.6 Å². The topological polar surface area (TPSA) is 85.3 Å². The number of nitrogens with two attached hydrogens (primary N) is 1. The van der Waals surface area contributed by atoms with Gasteiger partial charge in [-0.3, -0.25) is 0 Å². The molecule has 114 valence electrons. The number of furan rings is 1. The van der Waals surface area contributed by atoms with Gasteiger partial charge in [0.05, 0.1) is 6.04 Å². The Labute approximate surface area is 123 Å². The van der Waals surface area contributed by atoms with Gasteiger partial charge < -0.3 is 10.2 Å². The van der Waals surface area contributed by atoms with Crippen LogP contribution in [0.4, 0.5) is 10.1 Å². The van der Waals surface area contributed by atoms with Crippen LogP contribution in [0.2, 0.25) is 0 Å². The molecule has 0 aliphatic heterocycles. The van der Waals surface area contributed by atoms with Crippen LogP contribution in [0.5, 0.6) is 0 Å². The number of hydrogen-bond acceptors (Lipinski definition) is 4. The third kappa shape index (κ3) is 3.25.